The van der Waals surface area contributed by atoms with Gasteiger partial charge in [-0.3, -0.25) is 15.5 Å². The van der Waals surface area contributed by atoms with E-state index in [1.54, 1.807) is 0 Å². The topological polar surface area (TPSA) is 50.9 Å². The van der Waals surface area contributed by atoms with Crippen molar-refractivity contribution in [3.63, 3.8) is 0 Å². The first kappa shape index (κ1) is 20.8. The van der Waals surface area contributed by atoms with Crippen molar-refractivity contribution >= 4 is 5.91 Å². The number of allylic oxidation sites excluding steroid dienone is 1. The van der Waals surface area contributed by atoms with Crippen LogP contribution in [0.4, 0.5) is 0 Å². The van der Waals surface area contributed by atoms with Gasteiger partial charge in [0.15, 0.2) is 0 Å². The molecule has 0 aromatic heterocycles. The van der Waals surface area contributed by atoms with Crippen LogP contribution in [-0.4, -0.2) is 72.2 Å². The molecule has 2 saturated carbocycles. The molecule has 2 atom stereocenters. The number of nitrogens with zero attached hydrogens (tertiary/aromatic N) is 3. The van der Waals surface area contributed by atoms with Gasteiger partial charge < -0.3 is 9.80 Å². The van der Waals surface area contributed by atoms with Crippen molar-refractivity contribution in [2.45, 2.75) is 76.9 Å². The molecular weight excluding hydrogens is 374 g/mol. The number of hydrogen-bond donors (Lipinski definition) is 2. The van der Waals surface area contributed by atoms with E-state index in [1.807, 2.05) is 0 Å². The summed E-state index contributed by atoms with van der Waals surface area (Å²) in [4.78, 5) is 17.4. The van der Waals surface area contributed by atoms with Crippen LogP contribution in [0.15, 0.2) is 12.3 Å². The van der Waals surface area contributed by atoms with Gasteiger partial charge in [0.25, 0.3) is 0 Å². The summed E-state index contributed by atoms with van der Waals surface area (Å²) in [7, 11) is 0. The van der Waals surface area contributed by atoms with E-state index in [0.29, 0.717) is 24.0 Å². The molecule has 0 spiro atoms. The maximum Gasteiger partial charge on any atom is 0.228 e. The molecule has 168 valence electrons. The van der Waals surface area contributed by atoms with Gasteiger partial charge in [-0.2, -0.15) is 0 Å². The highest BCUT2D eigenvalue weighted by Gasteiger charge is 2.43. The zero-order chi connectivity index (χ0) is 20.7. The molecular formula is C24H41N5O. The van der Waals surface area contributed by atoms with E-state index >= 15 is 0 Å². The minimum atomic E-state index is -0.0597. The van der Waals surface area contributed by atoms with Crippen molar-refractivity contribution in [1.82, 2.24) is 25.6 Å². The molecule has 2 unspecified atom stereocenters. The Morgan fingerprint density at radius 1 is 0.933 bits per heavy atom. The van der Waals surface area contributed by atoms with Gasteiger partial charge in [0.2, 0.25) is 5.91 Å². The van der Waals surface area contributed by atoms with Crippen LogP contribution in [0, 0.1) is 17.3 Å². The molecule has 2 N–H and O–H groups in total. The number of rotatable bonds is 4. The van der Waals surface area contributed by atoms with Crippen molar-refractivity contribution in [2.24, 2.45) is 17.3 Å². The Balaban J connectivity index is 1.07. The second kappa shape index (κ2) is 8.44. The van der Waals surface area contributed by atoms with E-state index in [0.717, 1.165) is 58.0 Å². The van der Waals surface area contributed by atoms with Crippen molar-refractivity contribution < 1.29 is 4.79 Å². The van der Waals surface area contributed by atoms with Crippen LogP contribution in [-0.2, 0) is 4.79 Å². The molecule has 0 aromatic carbocycles. The molecule has 3 heterocycles. The third-order valence-corrected chi connectivity index (χ3v) is 8.95. The predicted molar refractivity (Wildman–Crippen MR) is 119 cm³/mol. The fraction of sp³-hybridized carbons (Fsp3) is 0.875. The lowest BCUT2D eigenvalue weighted by Crippen LogP contribution is -2.56. The van der Waals surface area contributed by atoms with Gasteiger partial charge in [0.05, 0.1) is 6.17 Å². The number of fused-ring (bicyclic) bond motifs is 1. The van der Waals surface area contributed by atoms with Crippen molar-refractivity contribution in [3.8, 4) is 0 Å². The summed E-state index contributed by atoms with van der Waals surface area (Å²) in [6.07, 6.45) is 11.7. The van der Waals surface area contributed by atoms with Gasteiger partial charge in [-0.25, -0.2) is 5.01 Å². The molecule has 6 heteroatoms. The Morgan fingerprint density at radius 3 is 2.30 bits per heavy atom. The van der Waals surface area contributed by atoms with Gasteiger partial charge in [-0.1, -0.05) is 19.9 Å². The van der Waals surface area contributed by atoms with E-state index < -0.39 is 0 Å². The minimum absolute atomic E-state index is 0.0597. The lowest BCUT2D eigenvalue weighted by molar-refractivity contribution is -0.147. The van der Waals surface area contributed by atoms with Gasteiger partial charge in [-0.15, -0.1) is 0 Å². The average molecular weight is 416 g/mol. The van der Waals surface area contributed by atoms with Crippen molar-refractivity contribution in [1.29, 1.82) is 0 Å². The lowest BCUT2D eigenvalue weighted by atomic mass is 9.69. The quantitative estimate of drug-likeness (QED) is 0.739. The zero-order valence-corrected chi connectivity index (χ0v) is 18.9. The monoisotopic (exact) mass is 415 g/mol. The normalized spacial score (nSPS) is 36.8. The Labute approximate surface area is 182 Å². The highest BCUT2D eigenvalue weighted by molar-refractivity contribution is 5.83. The molecule has 5 rings (SSSR count). The number of hydrazine groups is 1. The summed E-state index contributed by atoms with van der Waals surface area (Å²) in [5, 5.41) is 6.04. The number of nitrogens with one attached hydrogen (secondary N) is 2. The molecule has 5 fully saturated rings. The van der Waals surface area contributed by atoms with Crippen LogP contribution < -0.4 is 10.7 Å². The van der Waals surface area contributed by atoms with Crippen LogP contribution in [0.25, 0.3) is 0 Å². The van der Waals surface area contributed by atoms with E-state index in [1.165, 1.54) is 50.6 Å². The lowest BCUT2D eigenvalue weighted by Gasteiger charge is -2.46. The number of amides is 1. The minimum Gasteiger partial charge on any atom is -0.372 e. The Hall–Kier alpha value is -1.11. The smallest absolute Gasteiger partial charge is 0.228 e. The maximum absolute atomic E-state index is 12.8. The van der Waals surface area contributed by atoms with Gasteiger partial charge in [0.1, 0.15) is 0 Å². The molecule has 6 nitrogen and oxygen atoms in total. The van der Waals surface area contributed by atoms with Crippen LogP contribution >= 0.6 is 0 Å². The predicted octanol–water partition coefficient (Wildman–Crippen LogP) is 2.54. The zero-order valence-electron chi connectivity index (χ0n) is 18.9. The third-order valence-electron chi connectivity index (χ3n) is 8.95. The number of carbonyl (C=O) groups is 1. The van der Waals surface area contributed by atoms with Gasteiger partial charge in [-0.05, 0) is 63.2 Å². The molecule has 0 bridgehead atoms. The first-order valence-electron chi connectivity index (χ1n) is 12.5. The van der Waals surface area contributed by atoms with Crippen molar-refractivity contribution in [3.05, 3.63) is 12.3 Å². The number of carbonyl (C=O) groups excluding carboxylic acids is 1. The molecule has 2 aliphatic carbocycles. The highest BCUT2D eigenvalue weighted by atomic mass is 16.2. The summed E-state index contributed by atoms with van der Waals surface area (Å²) < 4.78 is 0. The molecule has 3 aliphatic heterocycles. The van der Waals surface area contributed by atoms with E-state index in [-0.39, 0.29) is 5.41 Å². The van der Waals surface area contributed by atoms with Crippen LogP contribution in [0.5, 0.6) is 0 Å². The first-order valence-corrected chi connectivity index (χ1v) is 12.5. The van der Waals surface area contributed by atoms with Crippen LogP contribution in [0.1, 0.15) is 64.7 Å². The molecule has 5 aliphatic rings. The molecule has 0 aromatic rings. The third kappa shape index (κ3) is 3.91. The van der Waals surface area contributed by atoms with E-state index in [4.69, 9.17) is 0 Å². The SMILES string of the molecule is C=C(C1CCC(C2CCC3NCCN3N2)CC1)N1CCN(C(=O)C2(C)CCC2)CC1. The largest absolute Gasteiger partial charge is 0.372 e. The Kier molecular flexibility index (Phi) is 5.84. The fourth-order valence-corrected chi connectivity index (χ4v) is 6.60. The molecule has 30 heavy (non-hydrogen) atoms. The van der Waals surface area contributed by atoms with E-state index in [2.05, 4.69) is 39.1 Å². The van der Waals surface area contributed by atoms with Crippen LogP contribution in [0.2, 0.25) is 0 Å². The standard InChI is InChI=1S/C24H41N5O/c1-18(27-14-16-28(17-15-27)23(30)24(2)10-3-11-24)19-4-6-20(7-5-19)21-8-9-22-25-12-13-29(22)26-21/h19-22,25-26H,1,3-17H2,2H3. The summed E-state index contributed by atoms with van der Waals surface area (Å²) >= 11 is 0. The Bertz CT molecular complexity index is 646. The summed E-state index contributed by atoms with van der Waals surface area (Å²) in [6.45, 7) is 12.6. The highest BCUT2D eigenvalue weighted by Crippen LogP contribution is 2.42. The number of piperazine rings is 1. The maximum atomic E-state index is 12.8. The van der Waals surface area contributed by atoms with Gasteiger partial charge >= 0.3 is 0 Å². The van der Waals surface area contributed by atoms with Crippen LogP contribution in [0.3, 0.4) is 0 Å². The summed E-state index contributed by atoms with van der Waals surface area (Å²) in [6, 6.07) is 0.665. The molecule has 1 amide bonds. The van der Waals surface area contributed by atoms with E-state index in [9.17, 15) is 4.79 Å². The molecule has 3 saturated heterocycles. The second-order valence-electron chi connectivity index (χ2n) is 10.8. The average Bonchev–Trinajstić information content (AvgIpc) is 3.24. The second-order valence-corrected chi connectivity index (χ2v) is 10.8. The Morgan fingerprint density at radius 2 is 1.63 bits per heavy atom. The first-order chi connectivity index (χ1) is 14.5. The van der Waals surface area contributed by atoms with Crippen molar-refractivity contribution in [2.75, 3.05) is 39.3 Å². The summed E-state index contributed by atoms with van der Waals surface area (Å²) in [5.41, 5.74) is 5.11. The summed E-state index contributed by atoms with van der Waals surface area (Å²) in [5.74, 6) is 1.85. The molecule has 0 radical (unpaired) electrons. The fourth-order valence-electron chi connectivity index (χ4n) is 6.60. The van der Waals surface area contributed by atoms with Gasteiger partial charge in [0, 0.05) is 56.4 Å². The number of hydrogen-bond acceptors (Lipinski definition) is 5.